The van der Waals surface area contributed by atoms with Crippen LogP contribution in [0.25, 0.3) is 0 Å². The van der Waals surface area contributed by atoms with E-state index in [1.165, 1.54) is 16.4 Å². The molecule has 20 heavy (non-hydrogen) atoms. The Morgan fingerprint density at radius 1 is 1.45 bits per heavy atom. The van der Waals surface area contributed by atoms with Gasteiger partial charge in [-0.1, -0.05) is 0 Å². The summed E-state index contributed by atoms with van der Waals surface area (Å²) in [6.45, 7) is 0.0900. The van der Waals surface area contributed by atoms with Gasteiger partial charge in [0, 0.05) is 17.1 Å². The first-order chi connectivity index (χ1) is 9.37. The van der Waals surface area contributed by atoms with E-state index in [1.807, 2.05) is 0 Å². The van der Waals surface area contributed by atoms with Gasteiger partial charge in [-0.05, 0) is 47.0 Å². The van der Waals surface area contributed by atoms with Gasteiger partial charge in [-0.15, -0.1) is 0 Å². The number of carboxylic acid groups (broad SMARTS) is 1. The first-order valence-corrected chi connectivity index (χ1v) is 8.26. The van der Waals surface area contributed by atoms with Gasteiger partial charge in [-0.2, -0.15) is 4.31 Å². The van der Waals surface area contributed by atoms with Gasteiger partial charge in [0.05, 0.1) is 17.1 Å². The van der Waals surface area contributed by atoms with Gasteiger partial charge in [0.15, 0.2) is 0 Å². The van der Waals surface area contributed by atoms with E-state index in [9.17, 15) is 18.3 Å². The van der Waals surface area contributed by atoms with Crippen LogP contribution >= 0.6 is 15.9 Å². The second-order valence-electron chi connectivity index (χ2n) is 4.54. The van der Waals surface area contributed by atoms with Crippen molar-refractivity contribution in [2.75, 3.05) is 13.2 Å². The van der Waals surface area contributed by atoms with Gasteiger partial charge < -0.3 is 10.2 Å². The summed E-state index contributed by atoms with van der Waals surface area (Å²) in [7, 11) is -3.82. The number of aromatic carboxylic acids is 1. The number of aliphatic hydroxyl groups is 1. The quantitative estimate of drug-likeness (QED) is 0.840. The third kappa shape index (κ3) is 2.73. The Kier molecular flexibility index (Phi) is 4.48. The monoisotopic (exact) mass is 363 g/mol. The lowest BCUT2D eigenvalue weighted by atomic mass is 10.2. The van der Waals surface area contributed by atoms with Crippen molar-refractivity contribution in [2.24, 2.45) is 0 Å². The summed E-state index contributed by atoms with van der Waals surface area (Å²) in [5, 5.41) is 18.2. The van der Waals surface area contributed by atoms with Gasteiger partial charge in [-0.25, -0.2) is 13.2 Å². The van der Waals surface area contributed by atoms with Crippen LogP contribution in [0.5, 0.6) is 0 Å². The van der Waals surface area contributed by atoms with Crippen molar-refractivity contribution < 1.29 is 23.4 Å². The molecule has 2 N–H and O–H groups in total. The molecule has 0 aromatic heterocycles. The molecular weight excluding hydrogens is 350 g/mol. The fraction of sp³-hybridized carbons (Fsp3) is 0.417. The summed E-state index contributed by atoms with van der Waals surface area (Å²) in [6.07, 6.45) is 1.28. The zero-order chi connectivity index (χ0) is 14.9. The first-order valence-electron chi connectivity index (χ1n) is 6.03. The number of sulfonamides is 1. The highest BCUT2D eigenvalue weighted by molar-refractivity contribution is 9.10. The summed E-state index contributed by atoms with van der Waals surface area (Å²) in [5.74, 6) is -1.19. The van der Waals surface area contributed by atoms with Gasteiger partial charge in [0.2, 0.25) is 10.0 Å². The lowest BCUT2D eigenvalue weighted by Gasteiger charge is -2.23. The highest BCUT2D eigenvalue weighted by atomic mass is 79.9. The summed E-state index contributed by atoms with van der Waals surface area (Å²) in [5.41, 5.74) is -0.0912. The molecule has 1 atom stereocenters. The van der Waals surface area contributed by atoms with E-state index >= 15 is 0 Å². The molecule has 1 saturated heterocycles. The van der Waals surface area contributed by atoms with Gasteiger partial charge in [0.25, 0.3) is 0 Å². The molecule has 110 valence electrons. The van der Waals surface area contributed by atoms with E-state index in [4.69, 9.17) is 5.11 Å². The van der Waals surface area contributed by atoms with Crippen molar-refractivity contribution in [2.45, 2.75) is 23.8 Å². The molecule has 0 radical (unpaired) electrons. The number of carbonyl (C=O) groups is 1. The van der Waals surface area contributed by atoms with Gasteiger partial charge in [0.1, 0.15) is 0 Å². The van der Waals surface area contributed by atoms with Crippen LogP contribution < -0.4 is 0 Å². The average molecular weight is 364 g/mol. The molecule has 2 rings (SSSR count). The van der Waals surface area contributed by atoms with E-state index in [-0.39, 0.29) is 17.1 Å². The predicted octanol–water partition coefficient (Wildman–Crippen LogP) is 1.29. The molecule has 1 aromatic carbocycles. The number of hydrogen-bond donors (Lipinski definition) is 2. The van der Waals surface area contributed by atoms with Crippen LogP contribution in [0.15, 0.2) is 27.6 Å². The van der Waals surface area contributed by atoms with Crippen molar-refractivity contribution >= 4 is 31.9 Å². The minimum absolute atomic E-state index is 0.0854. The van der Waals surface area contributed by atoms with Crippen molar-refractivity contribution in [1.29, 1.82) is 0 Å². The zero-order valence-corrected chi connectivity index (χ0v) is 12.9. The Hall–Kier alpha value is -0.960. The number of benzene rings is 1. The third-order valence-electron chi connectivity index (χ3n) is 3.30. The van der Waals surface area contributed by atoms with E-state index in [0.29, 0.717) is 23.9 Å². The van der Waals surface area contributed by atoms with Gasteiger partial charge in [-0.3, -0.25) is 0 Å². The Morgan fingerprint density at radius 2 is 2.15 bits per heavy atom. The minimum atomic E-state index is -3.82. The largest absolute Gasteiger partial charge is 0.478 e. The highest BCUT2D eigenvalue weighted by Gasteiger charge is 2.36. The van der Waals surface area contributed by atoms with Gasteiger partial charge >= 0.3 is 5.97 Å². The minimum Gasteiger partial charge on any atom is -0.478 e. The third-order valence-corrected chi connectivity index (χ3v) is 6.24. The molecule has 0 unspecified atom stereocenters. The fourth-order valence-electron chi connectivity index (χ4n) is 2.27. The number of nitrogens with zero attached hydrogens (tertiary/aromatic N) is 1. The van der Waals surface area contributed by atoms with E-state index in [2.05, 4.69) is 15.9 Å². The lowest BCUT2D eigenvalue weighted by Crippen LogP contribution is -2.37. The molecule has 8 heteroatoms. The van der Waals surface area contributed by atoms with E-state index < -0.39 is 22.0 Å². The van der Waals surface area contributed by atoms with Crippen molar-refractivity contribution in [3.63, 3.8) is 0 Å². The maximum Gasteiger partial charge on any atom is 0.335 e. The van der Waals surface area contributed by atoms with E-state index in [1.54, 1.807) is 0 Å². The summed E-state index contributed by atoms with van der Waals surface area (Å²) < 4.78 is 26.7. The molecule has 1 aliphatic rings. The van der Waals surface area contributed by atoms with Crippen LogP contribution in [0.2, 0.25) is 0 Å². The number of aliphatic hydroxyl groups excluding tert-OH is 1. The molecule has 1 fully saturated rings. The summed E-state index contributed by atoms with van der Waals surface area (Å²) in [4.78, 5) is 10.9. The molecule has 0 spiro atoms. The zero-order valence-electron chi connectivity index (χ0n) is 10.5. The second-order valence-corrected chi connectivity index (χ2v) is 7.26. The maximum atomic E-state index is 12.6. The molecule has 6 nitrogen and oxygen atoms in total. The average Bonchev–Trinajstić information content (AvgIpc) is 2.87. The Bertz CT molecular complexity index is 631. The summed E-state index contributed by atoms with van der Waals surface area (Å²) >= 11 is 3.14. The Labute approximate surface area is 125 Å². The number of carboxylic acids is 1. The number of hydrogen-bond acceptors (Lipinski definition) is 4. The van der Waals surface area contributed by atoms with Crippen LogP contribution in [0, 0.1) is 0 Å². The van der Waals surface area contributed by atoms with Crippen molar-refractivity contribution in [3.05, 3.63) is 28.2 Å². The SMILES string of the molecule is O=C(O)c1ccc(Br)c(S(=O)(=O)N2CCC[C@@H]2CO)c1. The smallest absolute Gasteiger partial charge is 0.335 e. The summed E-state index contributed by atoms with van der Waals surface area (Å²) in [6, 6.07) is 3.42. The van der Waals surface area contributed by atoms with Crippen molar-refractivity contribution in [1.82, 2.24) is 4.31 Å². The molecule has 1 aliphatic heterocycles. The standard InChI is InChI=1S/C12H14BrNO5S/c13-10-4-3-8(12(16)17)6-11(10)20(18,19)14-5-1-2-9(14)7-15/h3-4,6,9,15H,1-2,5,7H2,(H,16,17)/t9-/m1/s1. The molecular formula is C12H14BrNO5S. The Morgan fingerprint density at radius 3 is 2.75 bits per heavy atom. The molecule has 0 amide bonds. The molecule has 1 aromatic rings. The maximum absolute atomic E-state index is 12.6. The Balaban J connectivity index is 2.48. The van der Waals surface area contributed by atoms with Crippen LogP contribution in [0.4, 0.5) is 0 Å². The predicted molar refractivity (Wildman–Crippen MR) is 75.1 cm³/mol. The second kappa shape index (κ2) is 5.80. The molecule has 1 heterocycles. The fourth-order valence-corrected chi connectivity index (χ4v) is 4.91. The van der Waals surface area contributed by atoms with E-state index in [0.717, 1.165) is 6.07 Å². The topological polar surface area (TPSA) is 94.9 Å². The lowest BCUT2D eigenvalue weighted by molar-refractivity contribution is 0.0696. The first kappa shape index (κ1) is 15.4. The van der Waals surface area contributed by atoms with Crippen LogP contribution in [0.1, 0.15) is 23.2 Å². The van der Waals surface area contributed by atoms with Crippen LogP contribution in [0.3, 0.4) is 0 Å². The normalized spacial score (nSPS) is 20.2. The number of rotatable bonds is 4. The molecule has 0 saturated carbocycles. The van der Waals surface area contributed by atoms with Crippen LogP contribution in [-0.4, -0.2) is 48.1 Å². The number of halogens is 1. The highest BCUT2D eigenvalue weighted by Crippen LogP contribution is 2.30. The van der Waals surface area contributed by atoms with Crippen LogP contribution in [-0.2, 0) is 10.0 Å². The van der Waals surface area contributed by atoms with Crippen molar-refractivity contribution in [3.8, 4) is 0 Å². The molecule has 0 bridgehead atoms. The molecule has 0 aliphatic carbocycles.